The van der Waals surface area contributed by atoms with Crippen LogP contribution in [0.15, 0.2) is 0 Å². The molecule has 0 aromatic carbocycles. The van der Waals surface area contributed by atoms with Gasteiger partial charge in [-0.25, -0.2) is 0 Å². The average molecular weight is 204 g/mol. The van der Waals surface area contributed by atoms with E-state index in [1.165, 1.54) is 0 Å². The average Bonchev–Trinajstić information content (AvgIpc) is 2.11. The van der Waals surface area contributed by atoms with Crippen molar-refractivity contribution in [3.63, 3.8) is 0 Å². The van der Waals surface area contributed by atoms with Crippen LogP contribution < -0.4 is 10.9 Å². The highest BCUT2D eigenvalue weighted by molar-refractivity contribution is 5.70. The van der Waals surface area contributed by atoms with E-state index >= 15 is 0 Å². The fourth-order valence-corrected chi connectivity index (χ4v) is 0.625. The molecule has 0 saturated carbocycles. The van der Waals surface area contributed by atoms with Gasteiger partial charge in [-0.15, -0.1) is 0 Å². The summed E-state index contributed by atoms with van der Waals surface area (Å²) in [6, 6.07) is 0. The Bertz CT molecular complexity index is 186. The maximum absolute atomic E-state index is 10.4. The van der Waals surface area contributed by atoms with Gasteiger partial charge < -0.3 is 10.2 Å². The number of carbonyl (C=O) groups is 2. The van der Waals surface area contributed by atoms with Gasteiger partial charge in [0.05, 0.1) is 11.8 Å². The van der Waals surface area contributed by atoms with E-state index in [1.807, 2.05) is 0 Å². The van der Waals surface area contributed by atoms with Crippen LogP contribution in [0.3, 0.4) is 0 Å². The first-order chi connectivity index (χ1) is 6.45. The lowest BCUT2D eigenvalue weighted by atomic mass is 10.2. The monoisotopic (exact) mass is 204 g/mol. The molecule has 0 fully saturated rings. The number of carboxylic acid groups (broad SMARTS) is 2. The zero-order chi connectivity index (χ0) is 11.1. The Morgan fingerprint density at radius 1 is 1.00 bits per heavy atom. The molecule has 14 heavy (non-hydrogen) atoms. The van der Waals surface area contributed by atoms with Crippen LogP contribution in [-0.2, 0) is 9.59 Å². The minimum atomic E-state index is -0.884. The molecule has 4 N–H and O–H groups in total. The molecule has 0 amide bonds. The predicted molar refractivity (Wildman–Crippen MR) is 49.6 cm³/mol. The second-order valence-electron chi connectivity index (χ2n) is 3.24. The molecule has 0 spiro atoms. The molecule has 0 bridgehead atoms. The number of nitrogens with one attached hydrogen (secondary N) is 2. The van der Waals surface area contributed by atoms with Crippen molar-refractivity contribution >= 4 is 11.9 Å². The summed E-state index contributed by atoms with van der Waals surface area (Å²) in [5, 5.41) is 17.0. The largest absolute Gasteiger partial charge is 0.481 e. The normalized spacial score (nSPS) is 14.7. The molecule has 0 rings (SSSR count). The zero-order valence-corrected chi connectivity index (χ0v) is 8.28. The van der Waals surface area contributed by atoms with Gasteiger partial charge >= 0.3 is 11.9 Å². The van der Waals surface area contributed by atoms with E-state index in [4.69, 9.17) is 10.2 Å². The van der Waals surface area contributed by atoms with Crippen LogP contribution in [0.2, 0.25) is 0 Å². The molecule has 0 radical (unpaired) electrons. The van der Waals surface area contributed by atoms with Gasteiger partial charge in [0, 0.05) is 13.1 Å². The molecule has 0 aliphatic heterocycles. The Morgan fingerprint density at radius 2 is 1.29 bits per heavy atom. The van der Waals surface area contributed by atoms with Crippen molar-refractivity contribution in [1.82, 2.24) is 10.9 Å². The molecule has 2 unspecified atom stereocenters. The third-order valence-corrected chi connectivity index (χ3v) is 1.78. The molecule has 0 aromatic heterocycles. The molecule has 6 heteroatoms. The lowest BCUT2D eigenvalue weighted by Crippen LogP contribution is -2.40. The summed E-state index contributed by atoms with van der Waals surface area (Å²) in [5.41, 5.74) is 5.32. The van der Waals surface area contributed by atoms with E-state index < -0.39 is 23.8 Å². The van der Waals surface area contributed by atoms with Gasteiger partial charge in [0.2, 0.25) is 0 Å². The molecule has 0 heterocycles. The van der Waals surface area contributed by atoms with Gasteiger partial charge in [-0.2, -0.15) is 0 Å². The van der Waals surface area contributed by atoms with E-state index in [-0.39, 0.29) is 13.1 Å². The van der Waals surface area contributed by atoms with Gasteiger partial charge in [0.15, 0.2) is 0 Å². The first-order valence-electron chi connectivity index (χ1n) is 4.36. The fourth-order valence-electron chi connectivity index (χ4n) is 0.625. The van der Waals surface area contributed by atoms with E-state index in [2.05, 4.69) is 10.9 Å². The van der Waals surface area contributed by atoms with Gasteiger partial charge in [0.1, 0.15) is 0 Å². The first kappa shape index (κ1) is 12.9. The van der Waals surface area contributed by atoms with Crippen LogP contribution in [0.25, 0.3) is 0 Å². The lowest BCUT2D eigenvalue weighted by Gasteiger charge is -2.11. The Kier molecular flexibility index (Phi) is 5.82. The zero-order valence-electron chi connectivity index (χ0n) is 8.28. The van der Waals surface area contributed by atoms with Crippen LogP contribution in [0, 0.1) is 11.8 Å². The SMILES string of the molecule is CC(CNNCC(C)C(=O)O)C(=O)O. The molecule has 0 aliphatic carbocycles. The van der Waals surface area contributed by atoms with E-state index in [9.17, 15) is 9.59 Å². The molecule has 0 saturated heterocycles. The van der Waals surface area contributed by atoms with Gasteiger partial charge in [-0.3, -0.25) is 20.4 Å². The highest BCUT2D eigenvalue weighted by Crippen LogP contribution is 1.92. The van der Waals surface area contributed by atoms with Crippen molar-refractivity contribution in [2.24, 2.45) is 11.8 Å². The van der Waals surface area contributed by atoms with Crippen LogP contribution in [0.5, 0.6) is 0 Å². The molecular weight excluding hydrogens is 188 g/mol. The van der Waals surface area contributed by atoms with Crippen LogP contribution >= 0.6 is 0 Å². The Morgan fingerprint density at radius 3 is 1.50 bits per heavy atom. The summed E-state index contributed by atoms with van der Waals surface area (Å²) >= 11 is 0. The number of carboxylic acids is 2. The minimum absolute atomic E-state index is 0.266. The Balaban J connectivity index is 3.47. The summed E-state index contributed by atoms with van der Waals surface area (Å²) in [6.07, 6.45) is 0. The van der Waals surface area contributed by atoms with E-state index in [0.717, 1.165) is 0 Å². The fraction of sp³-hybridized carbons (Fsp3) is 0.750. The molecule has 2 atom stereocenters. The minimum Gasteiger partial charge on any atom is -0.481 e. The summed E-state index contributed by atoms with van der Waals surface area (Å²) in [4.78, 5) is 20.7. The Hall–Kier alpha value is -1.14. The molecule has 6 nitrogen and oxygen atoms in total. The van der Waals surface area contributed by atoms with Gasteiger partial charge in [-0.05, 0) is 0 Å². The van der Waals surface area contributed by atoms with Crippen molar-refractivity contribution in [3.05, 3.63) is 0 Å². The van der Waals surface area contributed by atoms with Crippen LogP contribution in [0.1, 0.15) is 13.8 Å². The topological polar surface area (TPSA) is 98.7 Å². The smallest absolute Gasteiger partial charge is 0.307 e. The van der Waals surface area contributed by atoms with Crippen molar-refractivity contribution in [2.75, 3.05) is 13.1 Å². The molecule has 82 valence electrons. The molecule has 0 aromatic rings. The van der Waals surface area contributed by atoms with Gasteiger partial charge in [-0.1, -0.05) is 13.8 Å². The van der Waals surface area contributed by atoms with E-state index in [1.54, 1.807) is 13.8 Å². The standard InChI is InChI=1S/C8H16N2O4/c1-5(7(11)12)3-9-10-4-6(2)8(13)14/h5-6,9-10H,3-4H2,1-2H3,(H,11,12)(H,13,14). The summed E-state index contributed by atoms with van der Waals surface area (Å²) < 4.78 is 0. The van der Waals surface area contributed by atoms with Crippen molar-refractivity contribution in [2.45, 2.75) is 13.8 Å². The molecule has 0 aliphatic rings. The second kappa shape index (κ2) is 6.33. The second-order valence-corrected chi connectivity index (χ2v) is 3.24. The van der Waals surface area contributed by atoms with Crippen molar-refractivity contribution in [1.29, 1.82) is 0 Å². The third-order valence-electron chi connectivity index (χ3n) is 1.78. The van der Waals surface area contributed by atoms with Crippen LogP contribution in [0.4, 0.5) is 0 Å². The quantitative estimate of drug-likeness (QED) is 0.330. The van der Waals surface area contributed by atoms with E-state index in [0.29, 0.717) is 0 Å². The summed E-state index contributed by atoms with van der Waals surface area (Å²) in [6.45, 7) is 3.67. The number of aliphatic carboxylic acids is 2. The van der Waals surface area contributed by atoms with Crippen LogP contribution in [-0.4, -0.2) is 35.2 Å². The third kappa shape index (κ3) is 5.50. The Labute approximate surface area is 82.3 Å². The molecular formula is C8H16N2O4. The number of hydrazine groups is 1. The highest BCUT2D eigenvalue weighted by Gasteiger charge is 2.11. The first-order valence-corrected chi connectivity index (χ1v) is 4.36. The lowest BCUT2D eigenvalue weighted by molar-refractivity contribution is -0.142. The maximum atomic E-state index is 10.4. The van der Waals surface area contributed by atoms with Gasteiger partial charge in [0.25, 0.3) is 0 Å². The van der Waals surface area contributed by atoms with Crippen molar-refractivity contribution in [3.8, 4) is 0 Å². The summed E-state index contributed by atoms with van der Waals surface area (Å²) in [5.74, 6) is -2.76. The van der Waals surface area contributed by atoms with Crippen molar-refractivity contribution < 1.29 is 19.8 Å². The number of hydrogen-bond acceptors (Lipinski definition) is 4. The predicted octanol–water partition coefficient (Wildman–Crippen LogP) is -0.478. The maximum Gasteiger partial charge on any atom is 0.307 e. The number of rotatable bonds is 7. The summed E-state index contributed by atoms with van der Waals surface area (Å²) in [7, 11) is 0. The highest BCUT2D eigenvalue weighted by atomic mass is 16.4. The number of hydrogen-bond donors (Lipinski definition) is 4.